The van der Waals surface area contributed by atoms with Crippen LogP contribution in [0.3, 0.4) is 0 Å². The molecule has 5 nitrogen and oxygen atoms in total. The number of hydrogen-bond acceptors (Lipinski definition) is 5. The highest BCUT2D eigenvalue weighted by atomic mass is 32.1. The van der Waals surface area contributed by atoms with Crippen LogP contribution in [0.1, 0.15) is 20.8 Å². The molecular formula is C7H10N3O2S. The number of carbonyl (C=O) groups excluding carboxylic acids is 1. The lowest BCUT2D eigenvalue weighted by Gasteiger charge is -2.18. The Labute approximate surface area is 80.1 Å². The minimum absolute atomic E-state index is 0.384. The van der Waals surface area contributed by atoms with Gasteiger partial charge >= 0.3 is 6.09 Å². The van der Waals surface area contributed by atoms with Gasteiger partial charge in [0, 0.05) is 0 Å². The Morgan fingerprint density at radius 3 is 2.77 bits per heavy atom. The minimum atomic E-state index is -0.530. The highest BCUT2D eigenvalue weighted by molar-refractivity contribution is 7.13. The van der Waals surface area contributed by atoms with E-state index in [1.54, 1.807) is 20.8 Å². The second-order valence-electron chi connectivity index (χ2n) is 3.33. The molecule has 1 N–H and O–H groups in total. The molecule has 0 aliphatic heterocycles. The molecular weight excluding hydrogens is 190 g/mol. The smallest absolute Gasteiger partial charge is 0.414 e. The summed E-state index contributed by atoms with van der Waals surface area (Å²) in [4.78, 5) is 11.1. The Kier molecular flexibility index (Phi) is 2.82. The molecule has 1 rings (SSSR count). The predicted molar refractivity (Wildman–Crippen MR) is 48.6 cm³/mol. The van der Waals surface area contributed by atoms with Gasteiger partial charge in [-0.1, -0.05) is 11.3 Å². The number of anilines is 1. The zero-order valence-electron chi connectivity index (χ0n) is 7.62. The normalized spacial score (nSPS) is 11.0. The Bertz CT molecular complexity index is 278. The van der Waals surface area contributed by atoms with Gasteiger partial charge in [0.1, 0.15) is 5.60 Å². The van der Waals surface area contributed by atoms with Gasteiger partial charge in [-0.3, -0.25) is 5.32 Å². The largest absolute Gasteiger partial charge is 0.444 e. The van der Waals surface area contributed by atoms with Crippen LogP contribution >= 0.6 is 11.3 Å². The first-order valence-corrected chi connectivity index (χ1v) is 4.48. The summed E-state index contributed by atoms with van der Waals surface area (Å²) >= 11 is 1.12. The number of amides is 1. The van der Waals surface area contributed by atoms with Gasteiger partial charge in [-0.25, -0.2) is 4.79 Å². The van der Waals surface area contributed by atoms with Crippen LogP contribution in [-0.4, -0.2) is 21.9 Å². The van der Waals surface area contributed by atoms with Gasteiger partial charge in [0.05, 0.1) is 0 Å². The van der Waals surface area contributed by atoms with Crippen molar-refractivity contribution in [3.8, 4) is 0 Å². The van der Waals surface area contributed by atoms with Gasteiger partial charge in [-0.15, -0.1) is 10.2 Å². The van der Waals surface area contributed by atoms with E-state index in [0.29, 0.717) is 5.13 Å². The van der Waals surface area contributed by atoms with E-state index in [1.807, 2.05) is 0 Å². The summed E-state index contributed by atoms with van der Waals surface area (Å²) in [5, 5.41) is 9.85. The van der Waals surface area contributed by atoms with Crippen molar-refractivity contribution in [3.63, 3.8) is 0 Å². The highest BCUT2D eigenvalue weighted by Crippen LogP contribution is 2.11. The summed E-state index contributed by atoms with van der Waals surface area (Å²) in [6, 6.07) is 0. The molecule has 6 heteroatoms. The molecule has 0 aliphatic carbocycles. The summed E-state index contributed by atoms with van der Waals surface area (Å²) in [5.41, 5.74) is 2.01. The number of ether oxygens (including phenoxy) is 1. The van der Waals surface area contributed by atoms with Crippen LogP contribution in [-0.2, 0) is 4.74 Å². The number of aromatic nitrogens is 2. The van der Waals surface area contributed by atoms with Crippen LogP contribution in [0.4, 0.5) is 9.93 Å². The molecule has 1 heterocycles. The lowest BCUT2D eigenvalue weighted by Crippen LogP contribution is -2.27. The lowest BCUT2D eigenvalue weighted by molar-refractivity contribution is 0.0636. The molecule has 1 amide bonds. The van der Waals surface area contributed by atoms with Crippen LogP contribution in [0.5, 0.6) is 0 Å². The summed E-state index contributed by atoms with van der Waals surface area (Å²) < 4.78 is 4.99. The molecule has 13 heavy (non-hydrogen) atoms. The predicted octanol–water partition coefficient (Wildman–Crippen LogP) is 1.69. The highest BCUT2D eigenvalue weighted by Gasteiger charge is 2.16. The van der Waals surface area contributed by atoms with Crippen molar-refractivity contribution in [2.45, 2.75) is 26.4 Å². The number of carbonyl (C=O) groups is 1. The van der Waals surface area contributed by atoms with E-state index < -0.39 is 11.7 Å². The Morgan fingerprint density at radius 2 is 2.31 bits per heavy atom. The molecule has 71 valence electrons. The lowest BCUT2D eigenvalue weighted by atomic mass is 10.2. The zero-order chi connectivity index (χ0) is 9.90. The quantitative estimate of drug-likeness (QED) is 0.749. The van der Waals surface area contributed by atoms with Gasteiger partial charge in [0.15, 0.2) is 5.51 Å². The van der Waals surface area contributed by atoms with E-state index in [9.17, 15) is 4.79 Å². The maximum Gasteiger partial charge on any atom is 0.414 e. The van der Waals surface area contributed by atoms with Crippen molar-refractivity contribution in [1.82, 2.24) is 10.2 Å². The van der Waals surface area contributed by atoms with Crippen molar-refractivity contribution in [2.24, 2.45) is 0 Å². The summed E-state index contributed by atoms with van der Waals surface area (Å²) in [7, 11) is 0. The monoisotopic (exact) mass is 200 g/mol. The Balaban J connectivity index is 2.43. The van der Waals surface area contributed by atoms with E-state index in [1.165, 1.54) is 0 Å². The van der Waals surface area contributed by atoms with Crippen molar-refractivity contribution < 1.29 is 9.53 Å². The van der Waals surface area contributed by atoms with E-state index >= 15 is 0 Å². The molecule has 0 atom stereocenters. The number of rotatable bonds is 1. The van der Waals surface area contributed by atoms with Crippen LogP contribution in [0, 0.1) is 5.51 Å². The molecule has 0 unspecified atom stereocenters. The summed E-state index contributed by atoms with van der Waals surface area (Å²) in [5.74, 6) is 0. The van der Waals surface area contributed by atoms with Gasteiger partial charge in [-0.2, -0.15) is 0 Å². The number of nitrogens with one attached hydrogen (secondary N) is 1. The zero-order valence-corrected chi connectivity index (χ0v) is 8.44. The molecule has 0 saturated heterocycles. The van der Waals surface area contributed by atoms with Crippen LogP contribution in [0.25, 0.3) is 0 Å². The SMILES string of the molecule is CC(C)(C)OC(=O)Nc1nn[c]s1. The average molecular weight is 200 g/mol. The van der Waals surface area contributed by atoms with E-state index in [-0.39, 0.29) is 0 Å². The molecule has 1 aromatic heterocycles. The Morgan fingerprint density at radius 1 is 1.62 bits per heavy atom. The Hall–Kier alpha value is -1.17. The van der Waals surface area contributed by atoms with Gasteiger partial charge < -0.3 is 4.74 Å². The molecule has 1 aromatic rings. The molecule has 0 bridgehead atoms. The second kappa shape index (κ2) is 3.69. The summed E-state index contributed by atoms with van der Waals surface area (Å²) in [6.07, 6.45) is -0.530. The minimum Gasteiger partial charge on any atom is -0.444 e. The van der Waals surface area contributed by atoms with E-state index in [2.05, 4.69) is 21.0 Å². The van der Waals surface area contributed by atoms with E-state index in [4.69, 9.17) is 4.74 Å². The summed E-state index contributed by atoms with van der Waals surface area (Å²) in [6.45, 7) is 5.37. The third-order valence-electron chi connectivity index (χ3n) is 0.932. The second-order valence-corrected chi connectivity index (χ2v) is 4.10. The molecule has 1 radical (unpaired) electrons. The fraction of sp³-hybridized carbons (Fsp3) is 0.571. The van der Waals surface area contributed by atoms with Crippen molar-refractivity contribution in [3.05, 3.63) is 5.51 Å². The van der Waals surface area contributed by atoms with Crippen molar-refractivity contribution in [2.75, 3.05) is 5.32 Å². The van der Waals surface area contributed by atoms with Crippen LogP contribution in [0.15, 0.2) is 0 Å². The maximum absolute atomic E-state index is 11.1. The first-order valence-electron chi connectivity index (χ1n) is 3.67. The molecule has 0 fully saturated rings. The maximum atomic E-state index is 11.1. The van der Waals surface area contributed by atoms with Gasteiger partial charge in [0.2, 0.25) is 5.13 Å². The first-order chi connectivity index (χ1) is 5.97. The van der Waals surface area contributed by atoms with Crippen molar-refractivity contribution >= 4 is 22.6 Å². The number of hydrogen-bond donors (Lipinski definition) is 1. The number of nitrogens with zero attached hydrogens (tertiary/aromatic N) is 2. The fourth-order valence-electron chi connectivity index (χ4n) is 0.591. The van der Waals surface area contributed by atoms with Gasteiger partial charge in [0.25, 0.3) is 0 Å². The topological polar surface area (TPSA) is 64.1 Å². The van der Waals surface area contributed by atoms with Crippen LogP contribution < -0.4 is 5.32 Å². The van der Waals surface area contributed by atoms with Gasteiger partial charge in [-0.05, 0) is 20.8 Å². The van der Waals surface area contributed by atoms with Crippen LogP contribution in [0.2, 0.25) is 0 Å². The fourth-order valence-corrected chi connectivity index (χ4v) is 0.975. The van der Waals surface area contributed by atoms with E-state index in [0.717, 1.165) is 11.3 Å². The standard InChI is InChI=1S/C7H10N3O2S/c1-7(2,3)12-6(11)9-5-10-8-4-13-5/h1-3H3,(H,9,10,11). The third-order valence-corrected chi connectivity index (χ3v) is 1.48. The molecule has 0 spiro atoms. The molecule has 0 aliphatic rings. The molecule has 0 aromatic carbocycles. The third kappa shape index (κ3) is 3.84. The molecule has 0 saturated carbocycles. The average Bonchev–Trinajstić information content (AvgIpc) is 2.34. The first kappa shape index (κ1) is 9.91. The van der Waals surface area contributed by atoms with Crippen molar-refractivity contribution in [1.29, 1.82) is 0 Å².